The highest BCUT2D eigenvalue weighted by atomic mass is 35.5. The summed E-state index contributed by atoms with van der Waals surface area (Å²) in [5.74, 6) is -1.45. The van der Waals surface area contributed by atoms with Gasteiger partial charge in [0.2, 0.25) is 10.0 Å². The molecule has 0 aliphatic rings. The first-order valence-corrected chi connectivity index (χ1v) is 12.7. The Kier molecular flexibility index (Phi) is 7.90. The van der Waals surface area contributed by atoms with Crippen molar-refractivity contribution in [3.05, 3.63) is 74.1 Å². The number of non-ortho nitro benzene ring substituents is 1. The van der Waals surface area contributed by atoms with Crippen LogP contribution in [0.3, 0.4) is 0 Å². The van der Waals surface area contributed by atoms with Gasteiger partial charge in [0.15, 0.2) is 0 Å². The molecule has 10 nitrogen and oxygen atoms in total. The zero-order valence-corrected chi connectivity index (χ0v) is 21.2. The Morgan fingerprint density at radius 3 is 2.51 bits per heavy atom. The molecule has 0 saturated carbocycles. The molecule has 0 fully saturated rings. The predicted octanol–water partition coefficient (Wildman–Crippen LogP) is 4.66. The number of thiophene rings is 1. The Bertz CT molecular complexity index is 1420. The number of nitrogens with one attached hydrogen (secondary N) is 1. The lowest BCUT2D eigenvalue weighted by Crippen LogP contribution is -2.23. The van der Waals surface area contributed by atoms with Gasteiger partial charge in [-0.3, -0.25) is 14.9 Å². The molecule has 0 bridgehead atoms. The minimum atomic E-state index is -3.83. The van der Waals surface area contributed by atoms with Gasteiger partial charge in [0.1, 0.15) is 4.88 Å². The van der Waals surface area contributed by atoms with Crippen LogP contribution in [0.1, 0.15) is 27.0 Å². The topological polar surface area (TPSA) is 136 Å². The largest absolute Gasteiger partial charge is 0.462 e. The summed E-state index contributed by atoms with van der Waals surface area (Å²) in [7, 11) is -1.11. The third-order valence-corrected chi connectivity index (χ3v) is 8.05. The van der Waals surface area contributed by atoms with Crippen molar-refractivity contribution >= 4 is 56.2 Å². The van der Waals surface area contributed by atoms with Crippen LogP contribution in [0.15, 0.2) is 53.4 Å². The summed E-state index contributed by atoms with van der Waals surface area (Å²) in [6.07, 6.45) is 0. The van der Waals surface area contributed by atoms with Gasteiger partial charge in [-0.2, -0.15) is 0 Å². The van der Waals surface area contributed by atoms with Crippen LogP contribution in [0.25, 0.3) is 10.4 Å². The van der Waals surface area contributed by atoms with Crippen LogP contribution in [0.4, 0.5) is 11.4 Å². The molecular formula is C22H20ClN3O7S2. The second-order valence-corrected chi connectivity index (χ2v) is 10.9. The molecule has 1 heterocycles. The second-order valence-electron chi connectivity index (χ2n) is 7.26. The van der Waals surface area contributed by atoms with Gasteiger partial charge < -0.3 is 10.1 Å². The van der Waals surface area contributed by atoms with E-state index in [0.717, 1.165) is 21.7 Å². The second kappa shape index (κ2) is 10.5. The lowest BCUT2D eigenvalue weighted by Gasteiger charge is -2.13. The summed E-state index contributed by atoms with van der Waals surface area (Å²) in [5, 5.41) is 13.7. The standard InChI is InChI=1S/C22H20ClN3O7S2/c1-4-33-22(28)20-18(12-19(34-20)13-6-5-7-14(10-13)26(29)30)24-21(27)16-11-15(8-9-17(16)23)35(31,32)25(2)3/h5-12H,4H2,1-3H3,(H,24,27). The van der Waals surface area contributed by atoms with Crippen molar-refractivity contribution in [1.82, 2.24) is 4.31 Å². The Morgan fingerprint density at radius 1 is 1.17 bits per heavy atom. The van der Waals surface area contributed by atoms with Crippen LogP contribution in [0.2, 0.25) is 5.02 Å². The van der Waals surface area contributed by atoms with Crippen molar-refractivity contribution in [1.29, 1.82) is 0 Å². The number of ether oxygens (including phenoxy) is 1. The number of carbonyl (C=O) groups is 2. The van der Waals surface area contributed by atoms with E-state index in [-0.39, 0.29) is 38.3 Å². The summed E-state index contributed by atoms with van der Waals surface area (Å²) in [6.45, 7) is 1.72. The molecule has 184 valence electrons. The molecule has 0 aliphatic carbocycles. The van der Waals surface area contributed by atoms with E-state index in [1.807, 2.05) is 0 Å². The minimum Gasteiger partial charge on any atom is -0.462 e. The van der Waals surface area contributed by atoms with Gasteiger partial charge in [0.05, 0.1) is 32.7 Å². The maximum absolute atomic E-state index is 13.1. The first-order chi connectivity index (χ1) is 16.4. The number of carbonyl (C=O) groups excluding carboxylic acids is 2. The predicted molar refractivity (Wildman–Crippen MR) is 133 cm³/mol. The number of nitro benzene ring substituents is 1. The highest BCUT2D eigenvalue weighted by Crippen LogP contribution is 2.37. The lowest BCUT2D eigenvalue weighted by molar-refractivity contribution is -0.384. The molecular weight excluding hydrogens is 518 g/mol. The van der Waals surface area contributed by atoms with Crippen molar-refractivity contribution in [3.8, 4) is 10.4 Å². The van der Waals surface area contributed by atoms with Gasteiger partial charge in [-0.1, -0.05) is 23.7 Å². The summed E-state index contributed by atoms with van der Waals surface area (Å²) < 4.78 is 31.0. The van der Waals surface area contributed by atoms with Gasteiger partial charge >= 0.3 is 5.97 Å². The number of rotatable bonds is 8. The van der Waals surface area contributed by atoms with E-state index in [9.17, 15) is 28.1 Å². The van der Waals surface area contributed by atoms with Gasteiger partial charge in [-0.05, 0) is 36.8 Å². The van der Waals surface area contributed by atoms with Crippen LogP contribution in [0, 0.1) is 10.1 Å². The van der Waals surface area contributed by atoms with E-state index in [4.69, 9.17) is 16.3 Å². The Balaban J connectivity index is 2.04. The molecule has 1 amide bonds. The molecule has 1 aromatic heterocycles. The van der Waals surface area contributed by atoms with Crippen LogP contribution >= 0.6 is 22.9 Å². The number of esters is 1. The van der Waals surface area contributed by atoms with E-state index < -0.39 is 26.8 Å². The molecule has 0 radical (unpaired) electrons. The smallest absolute Gasteiger partial charge is 0.350 e. The maximum Gasteiger partial charge on any atom is 0.350 e. The molecule has 3 rings (SSSR count). The summed E-state index contributed by atoms with van der Waals surface area (Å²) in [6, 6.07) is 11.0. The van der Waals surface area contributed by atoms with E-state index in [1.54, 1.807) is 13.0 Å². The molecule has 3 aromatic rings. The number of benzene rings is 2. The van der Waals surface area contributed by atoms with Crippen molar-refractivity contribution in [3.63, 3.8) is 0 Å². The zero-order valence-electron chi connectivity index (χ0n) is 18.8. The number of anilines is 1. The van der Waals surface area contributed by atoms with E-state index in [2.05, 4.69) is 5.32 Å². The highest BCUT2D eigenvalue weighted by molar-refractivity contribution is 7.89. The van der Waals surface area contributed by atoms with Crippen LogP contribution in [0.5, 0.6) is 0 Å². The van der Waals surface area contributed by atoms with Gasteiger partial charge in [-0.25, -0.2) is 17.5 Å². The number of amides is 1. The SMILES string of the molecule is CCOC(=O)c1sc(-c2cccc([N+](=O)[O-])c2)cc1NC(=O)c1cc(S(=O)(=O)N(C)C)ccc1Cl. The monoisotopic (exact) mass is 537 g/mol. The number of sulfonamides is 1. The lowest BCUT2D eigenvalue weighted by atomic mass is 10.1. The number of hydrogen-bond donors (Lipinski definition) is 1. The summed E-state index contributed by atoms with van der Waals surface area (Å²) >= 11 is 7.15. The van der Waals surface area contributed by atoms with Gasteiger partial charge in [-0.15, -0.1) is 11.3 Å². The van der Waals surface area contributed by atoms with Crippen LogP contribution in [-0.2, 0) is 14.8 Å². The van der Waals surface area contributed by atoms with Crippen molar-refractivity contribution in [2.75, 3.05) is 26.0 Å². The first-order valence-electron chi connectivity index (χ1n) is 10.0. The van der Waals surface area contributed by atoms with E-state index in [1.165, 1.54) is 50.5 Å². The minimum absolute atomic E-state index is 0.00651. The Labute approximate surface area is 210 Å². The van der Waals surface area contributed by atoms with Crippen LogP contribution in [-0.4, -0.2) is 50.2 Å². The third kappa shape index (κ3) is 5.68. The molecule has 2 aromatic carbocycles. The molecule has 1 N–H and O–H groups in total. The molecule has 0 aliphatic heterocycles. The highest BCUT2D eigenvalue weighted by Gasteiger charge is 2.24. The number of nitrogens with zero attached hydrogens (tertiary/aromatic N) is 2. The molecule has 0 saturated heterocycles. The molecule has 0 unspecified atom stereocenters. The average molecular weight is 538 g/mol. The number of hydrogen-bond acceptors (Lipinski definition) is 8. The fraction of sp³-hybridized carbons (Fsp3) is 0.182. The quantitative estimate of drug-likeness (QED) is 0.251. The third-order valence-electron chi connectivity index (χ3n) is 4.74. The molecule has 0 spiro atoms. The maximum atomic E-state index is 13.1. The molecule has 13 heteroatoms. The van der Waals surface area contributed by atoms with Gasteiger partial charge in [0.25, 0.3) is 11.6 Å². The van der Waals surface area contributed by atoms with Gasteiger partial charge in [0, 0.05) is 31.1 Å². The summed E-state index contributed by atoms with van der Waals surface area (Å²) in [4.78, 5) is 36.6. The van der Waals surface area contributed by atoms with Crippen molar-refractivity contribution in [2.45, 2.75) is 11.8 Å². The number of nitro groups is 1. The zero-order chi connectivity index (χ0) is 25.9. The van der Waals surface area contributed by atoms with E-state index in [0.29, 0.717) is 10.4 Å². The normalized spacial score (nSPS) is 11.3. The fourth-order valence-electron chi connectivity index (χ4n) is 2.99. The van der Waals surface area contributed by atoms with Crippen LogP contribution < -0.4 is 5.32 Å². The molecule has 35 heavy (non-hydrogen) atoms. The van der Waals surface area contributed by atoms with E-state index >= 15 is 0 Å². The summed E-state index contributed by atoms with van der Waals surface area (Å²) in [5.41, 5.74) is 0.307. The Hall–Kier alpha value is -3.32. The first kappa shape index (κ1) is 26.3. The molecule has 0 atom stereocenters. The average Bonchev–Trinajstić information content (AvgIpc) is 3.23. The fourth-order valence-corrected chi connectivity index (χ4v) is 5.12. The number of halogens is 1. The Morgan fingerprint density at radius 2 is 1.89 bits per heavy atom. The van der Waals surface area contributed by atoms with Crippen molar-refractivity contribution in [2.24, 2.45) is 0 Å². The van der Waals surface area contributed by atoms with Crippen molar-refractivity contribution < 1.29 is 27.7 Å².